The molecule has 3 N–H and O–H groups in total. The Balaban J connectivity index is 1.22. The van der Waals surface area contributed by atoms with Gasteiger partial charge >= 0.3 is 17.8 Å². The molecule has 0 saturated carbocycles. The summed E-state index contributed by atoms with van der Waals surface area (Å²) in [5, 5.41) is 12.6. The van der Waals surface area contributed by atoms with Crippen molar-refractivity contribution < 1.29 is 23.5 Å². The topological polar surface area (TPSA) is 124 Å². The number of urea groups is 1. The van der Waals surface area contributed by atoms with Gasteiger partial charge in [-0.25, -0.2) is 28.1 Å². The van der Waals surface area contributed by atoms with Gasteiger partial charge in [-0.15, -0.1) is 0 Å². The fourth-order valence-electron chi connectivity index (χ4n) is 5.47. The van der Waals surface area contributed by atoms with Gasteiger partial charge < -0.3 is 20.2 Å². The quantitative estimate of drug-likeness (QED) is 0.495. The van der Waals surface area contributed by atoms with Crippen molar-refractivity contribution >= 4 is 23.3 Å². The number of halogens is 2. The number of benzene rings is 1. The lowest BCUT2D eigenvalue weighted by Gasteiger charge is -2.34. The molecule has 0 aliphatic carbocycles. The van der Waals surface area contributed by atoms with Crippen LogP contribution in [0.5, 0.6) is 0 Å². The number of nitrogens with zero attached hydrogens (tertiary/aromatic N) is 4. The van der Waals surface area contributed by atoms with E-state index < -0.39 is 29.7 Å². The molecule has 0 unspecified atom stereocenters. The van der Waals surface area contributed by atoms with Crippen LogP contribution in [0, 0.1) is 11.6 Å². The van der Waals surface area contributed by atoms with Gasteiger partial charge in [0, 0.05) is 50.4 Å². The molecule has 2 fully saturated rings. The van der Waals surface area contributed by atoms with Gasteiger partial charge in [-0.05, 0) is 49.4 Å². The summed E-state index contributed by atoms with van der Waals surface area (Å²) < 4.78 is 29.9. The van der Waals surface area contributed by atoms with Crippen LogP contribution in [0.4, 0.5) is 18.4 Å². The molecular formula is C25H28F2N6O4. The Morgan fingerprint density at radius 1 is 1.03 bits per heavy atom. The molecule has 10 nitrogen and oxygen atoms in total. The number of nitrogens with one attached hydrogen (secondary N) is 2. The van der Waals surface area contributed by atoms with Gasteiger partial charge in [-0.3, -0.25) is 9.55 Å². The van der Waals surface area contributed by atoms with Crippen molar-refractivity contribution in [2.24, 2.45) is 0 Å². The van der Waals surface area contributed by atoms with Crippen molar-refractivity contribution in [1.29, 1.82) is 0 Å². The number of rotatable bonds is 3. The second kappa shape index (κ2) is 10.2. The maximum atomic E-state index is 14.4. The first-order chi connectivity index (χ1) is 17.8. The number of hydrogen-bond acceptors (Lipinski definition) is 4. The molecule has 2 aliphatic heterocycles. The first-order valence-corrected chi connectivity index (χ1v) is 12.3. The molecule has 12 heteroatoms. The smallest absolute Gasteiger partial charge is 0.407 e. The first kappa shape index (κ1) is 24.7. The van der Waals surface area contributed by atoms with Crippen LogP contribution in [0.3, 0.4) is 0 Å². The number of aromatic nitrogens is 3. The summed E-state index contributed by atoms with van der Waals surface area (Å²) >= 11 is 0. The maximum Gasteiger partial charge on any atom is 0.407 e. The third-order valence-corrected chi connectivity index (χ3v) is 7.37. The molecule has 3 aromatic rings. The van der Waals surface area contributed by atoms with Crippen molar-refractivity contribution in [2.75, 3.05) is 26.2 Å². The lowest BCUT2D eigenvalue weighted by Crippen LogP contribution is -2.51. The van der Waals surface area contributed by atoms with E-state index in [4.69, 9.17) is 0 Å². The number of amides is 3. The minimum absolute atomic E-state index is 0.0156. The standard InChI is InChI=1S/C25H28F2N6O4/c26-19-4-1-3-18(21(19)27)15-6-7-16(14-32(13-15)25(36)37)29-23(34)31-11-8-17(9-12-31)33-20-5-2-10-28-22(20)30-24(33)35/h1-5,10,15-17H,6-9,11-14H2,(H,29,34)(H,36,37)(H,28,30,35)/t15-,16-/m1/s1. The van der Waals surface area contributed by atoms with Gasteiger partial charge in [0.15, 0.2) is 17.3 Å². The van der Waals surface area contributed by atoms with Crippen molar-refractivity contribution in [3.63, 3.8) is 0 Å². The van der Waals surface area contributed by atoms with E-state index in [2.05, 4.69) is 15.3 Å². The highest BCUT2D eigenvalue weighted by atomic mass is 19.2. The normalized spacial score (nSPS) is 21.1. The predicted molar refractivity (Wildman–Crippen MR) is 130 cm³/mol. The number of imidazole rings is 1. The molecule has 0 spiro atoms. The van der Waals surface area contributed by atoms with E-state index in [1.165, 1.54) is 12.1 Å². The Kier molecular flexibility index (Phi) is 6.81. The second-order valence-electron chi connectivity index (χ2n) is 9.64. The van der Waals surface area contributed by atoms with Crippen LogP contribution in [-0.2, 0) is 0 Å². The highest BCUT2D eigenvalue weighted by Gasteiger charge is 2.32. The largest absolute Gasteiger partial charge is 0.465 e. The zero-order valence-electron chi connectivity index (χ0n) is 20.1. The third kappa shape index (κ3) is 5.00. The van der Waals surface area contributed by atoms with E-state index in [0.717, 1.165) is 16.5 Å². The lowest BCUT2D eigenvalue weighted by atomic mass is 9.93. The van der Waals surface area contributed by atoms with E-state index in [0.29, 0.717) is 44.4 Å². The van der Waals surface area contributed by atoms with Crippen molar-refractivity contribution in [3.05, 3.63) is 64.2 Å². The summed E-state index contributed by atoms with van der Waals surface area (Å²) in [7, 11) is 0. The summed E-state index contributed by atoms with van der Waals surface area (Å²) in [5.41, 5.74) is 1.17. The average molecular weight is 515 g/mol. The van der Waals surface area contributed by atoms with Crippen LogP contribution in [0.25, 0.3) is 11.2 Å². The summed E-state index contributed by atoms with van der Waals surface area (Å²) in [6.07, 6.45) is 2.43. The lowest BCUT2D eigenvalue weighted by molar-refractivity contribution is 0.138. The molecule has 0 bridgehead atoms. The van der Waals surface area contributed by atoms with Gasteiger partial charge in [-0.1, -0.05) is 12.1 Å². The monoisotopic (exact) mass is 514 g/mol. The van der Waals surface area contributed by atoms with Gasteiger partial charge in [0.1, 0.15) is 0 Å². The molecule has 2 atom stereocenters. The zero-order valence-corrected chi connectivity index (χ0v) is 20.1. The first-order valence-electron chi connectivity index (χ1n) is 12.3. The molecular weight excluding hydrogens is 486 g/mol. The molecule has 5 rings (SSSR count). The van der Waals surface area contributed by atoms with Crippen LogP contribution < -0.4 is 11.0 Å². The fourth-order valence-corrected chi connectivity index (χ4v) is 5.47. The van der Waals surface area contributed by atoms with E-state index in [9.17, 15) is 28.3 Å². The zero-order chi connectivity index (χ0) is 26.1. The Hall–Kier alpha value is -3.96. The Labute approximate surface area is 210 Å². The minimum Gasteiger partial charge on any atom is -0.465 e. The molecule has 3 amide bonds. The second-order valence-corrected chi connectivity index (χ2v) is 9.64. The van der Waals surface area contributed by atoms with Crippen molar-refractivity contribution in [3.8, 4) is 0 Å². The number of carbonyl (C=O) groups excluding carboxylic acids is 1. The van der Waals surface area contributed by atoms with Gasteiger partial charge in [0.05, 0.1) is 5.52 Å². The van der Waals surface area contributed by atoms with Crippen molar-refractivity contribution in [2.45, 2.75) is 43.7 Å². The molecule has 4 heterocycles. The molecule has 2 aliphatic rings. The SMILES string of the molecule is O=C(O)N1C[C@H](NC(=O)N2CCC(n3c(=O)[nH]c4ncccc43)CC2)CC[C@@H](c2cccc(F)c2F)C1. The number of carboxylic acid groups (broad SMARTS) is 1. The van der Waals surface area contributed by atoms with Gasteiger partial charge in [-0.2, -0.15) is 0 Å². The number of fused-ring (bicyclic) bond motifs is 1. The Bertz CT molecular complexity index is 1370. The molecule has 1 aromatic carbocycles. The van der Waals surface area contributed by atoms with Gasteiger partial charge in [0.2, 0.25) is 0 Å². The predicted octanol–water partition coefficient (Wildman–Crippen LogP) is 3.28. The summed E-state index contributed by atoms with van der Waals surface area (Å²) in [5.74, 6) is -2.45. The van der Waals surface area contributed by atoms with Crippen LogP contribution in [0.2, 0.25) is 0 Å². The van der Waals surface area contributed by atoms with Crippen LogP contribution in [0.15, 0.2) is 41.3 Å². The number of carbonyl (C=O) groups is 2. The molecule has 37 heavy (non-hydrogen) atoms. The highest BCUT2D eigenvalue weighted by molar-refractivity contribution is 5.75. The van der Waals surface area contributed by atoms with Gasteiger partial charge in [0.25, 0.3) is 0 Å². The Morgan fingerprint density at radius 2 is 1.81 bits per heavy atom. The van der Waals surface area contributed by atoms with Crippen LogP contribution >= 0.6 is 0 Å². The molecule has 2 saturated heterocycles. The number of pyridine rings is 1. The van der Waals surface area contributed by atoms with E-state index in [1.54, 1.807) is 21.7 Å². The number of likely N-dealkylation sites (tertiary alicyclic amines) is 2. The average Bonchev–Trinajstić information content (AvgIpc) is 3.07. The molecule has 2 aromatic heterocycles. The van der Waals surface area contributed by atoms with E-state index in [-0.39, 0.29) is 36.4 Å². The Morgan fingerprint density at radius 3 is 2.57 bits per heavy atom. The molecule has 0 radical (unpaired) electrons. The summed E-state index contributed by atoms with van der Waals surface area (Å²) in [4.78, 5) is 47.1. The maximum absolute atomic E-state index is 14.4. The number of hydrogen-bond donors (Lipinski definition) is 3. The van der Waals surface area contributed by atoms with E-state index >= 15 is 0 Å². The van der Waals surface area contributed by atoms with Crippen molar-refractivity contribution in [1.82, 2.24) is 29.7 Å². The number of aromatic amines is 1. The minimum atomic E-state index is -1.18. The molecule has 196 valence electrons. The van der Waals surface area contributed by atoms with Crippen LogP contribution in [0.1, 0.15) is 43.2 Å². The summed E-state index contributed by atoms with van der Waals surface area (Å²) in [6.45, 7) is 0.940. The summed E-state index contributed by atoms with van der Waals surface area (Å²) in [6, 6.07) is 6.67. The highest BCUT2D eigenvalue weighted by Crippen LogP contribution is 2.30. The number of H-pyrrole nitrogens is 1. The van der Waals surface area contributed by atoms with E-state index in [1.807, 2.05) is 6.07 Å². The number of piperidine rings is 1. The fraction of sp³-hybridized carbons (Fsp3) is 0.440. The van der Waals surface area contributed by atoms with Crippen LogP contribution in [-0.4, -0.2) is 73.8 Å². The third-order valence-electron chi connectivity index (χ3n) is 7.37.